The summed E-state index contributed by atoms with van der Waals surface area (Å²) < 4.78 is 37.2. The first-order valence-electron chi connectivity index (χ1n) is 6.93. The van der Waals surface area contributed by atoms with Crippen LogP contribution in [0.5, 0.6) is 0 Å². The van der Waals surface area contributed by atoms with Crippen LogP contribution in [0.4, 0.5) is 13.2 Å². The molecule has 1 fully saturated rings. The van der Waals surface area contributed by atoms with Gasteiger partial charge >= 0.3 is 12.1 Å². The van der Waals surface area contributed by atoms with Gasteiger partial charge in [-0.25, -0.2) is 9.78 Å². The molecule has 9 heteroatoms. The van der Waals surface area contributed by atoms with Gasteiger partial charge in [0.15, 0.2) is 0 Å². The second kappa shape index (κ2) is 6.77. The van der Waals surface area contributed by atoms with Crippen LogP contribution in [-0.2, 0) is 15.8 Å². The largest absolute Gasteiger partial charge is 0.480 e. The number of aliphatic carboxylic acids is 1. The molecule has 0 unspecified atom stereocenters. The number of nitrogens with one attached hydrogen (secondary N) is 1. The number of nitrogens with zero attached hydrogens (tertiary/aromatic N) is 1. The fourth-order valence-electron chi connectivity index (χ4n) is 2.45. The maximum absolute atomic E-state index is 12.4. The van der Waals surface area contributed by atoms with Crippen LogP contribution >= 0.6 is 11.8 Å². The van der Waals surface area contributed by atoms with E-state index in [0.717, 1.165) is 30.7 Å². The van der Waals surface area contributed by atoms with E-state index in [4.69, 9.17) is 0 Å². The van der Waals surface area contributed by atoms with E-state index in [2.05, 4.69) is 10.3 Å². The molecule has 2 N–H and O–H groups in total. The van der Waals surface area contributed by atoms with E-state index in [1.165, 1.54) is 6.07 Å². The third-order valence-corrected chi connectivity index (χ3v) is 4.60. The molecule has 0 atom stereocenters. The van der Waals surface area contributed by atoms with Crippen molar-refractivity contribution in [2.24, 2.45) is 0 Å². The summed E-state index contributed by atoms with van der Waals surface area (Å²) in [6.07, 6.45) is -1.51. The fraction of sp³-hybridized carbons (Fsp3) is 0.500. The zero-order chi connectivity index (χ0) is 17.1. The van der Waals surface area contributed by atoms with Gasteiger partial charge in [-0.2, -0.15) is 13.2 Å². The molecule has 126 valence electrons. The minimum absolute atomic E-state index is 0.104. The van der Waals surface area contributed by atoms with Gasteiger partial charge in [0.2, 0.25) is 5.91 Å². The van der Waals surface area contributed by atoms with Crippen molar-refractivity contribution in [3.05, 3.63) is 23.9 Å². The molecular weight excluding hydrogens is 333 g/mol. The Morgan fingerprint density at radius 1 is 1.30 bits per heavy atom. The molecular formula is C14H15F3N2O3S. The number of halogens is 3. The lowest BCUT2D eigenvalue weighted by Crippen LogP contribution is -2.53. The number of thioether (sulfide) groups is 1. The zero-order valence-electron chi connectivity index (χ0n) is 12.0. The Bertz CT molecular complexity index is 584. The van der Waals surface area contributed by atoms with Crippen molar-refractivity contribution in [3.63, 3.8) is 0 Å². The molecule has 0 spiro atoms. The first-order valence-corrected chi connectivity index (χ1v) is 7.92. The Hall–Kier alpha value is -1.77. The predicted molar refractivity (Wildman–Crippen MR) is 76.9 cm³/mol. The first-order chi connectivity index (χ1) is 10.7. The number of aromatic nitrogens is 1. The van der Waals surface area contributed by atoms with Crippen LogP contribution in [0.3, 0.4) is 0 Å². The Morgan fingerprint density at radius 2 is 1.96 bits per heavy atom. The fourth-order valence-corrected chi connectivity index (χ4v) is 3.09. The Labute approximate surface area is 134 Å². The molecule has 0 radical (unpaired) electrons. The van der Waals surface area contributed by atoms with Crippen LogP contribution in [0, 0.1) is 0 Å². The molecule has 23 heavy (non-hydrogen) atoms. The second-order valence-electron chi connectivity index (χ2n) is 5.31. The highest BCUT2D eigenvalue weighted by molar-refractivity contribution is 7.99. The first kappa shape index (κ1) is 17.6. The number of pyridine rings is 1. The lowest BCUT2D eigenvalue weighted by atomic mass is 9.98. The van der Waals surface area contributed by atoms with Crippen molar-refractivity contribution in [2.75, 3.05) is 5.75 Å². The molecule has 1 heterocycles. The van der Waals surface area contributed by atoms with E-state index in [9.17, 15) is 27.9 Å². The topological polar surface area (TPSA) is 79.3 Å². The summed E-state index contributed by atoms with van der Waals surface area (Å²) in [5.74, 6) is -1.63. The number of carboxylic acids is 1. The maximum atomic E-state index is 12.4. The summed E-state index contributed by atoms with van der Waals surface area (Å²) in [5.41, 5.74) is -2.08. The molecule has 1 aromatic heterocycles. The number of alkyl halides is 3. The smallest absolute Gasteiger partial charge is 0.417 e. The lowest BCUT2D eigenvalue weighted by molar-refractivity contribution is -0.147. The summed E-state index contributed by atoms with van der Waals surface area (Å²) in [6.45, 7) is 0. The number of carbonyl (C=O) groups is 2. The van der Waals surface area contributed by atoms with Gasteiger partial charge < -0.3 is 10.4 Å². The molecule has 1 aromatic rings. The van der Waals surface area contributed by atoms with Crippen molar-refractivity contribution in [1.82, 2.24) is 10.3 Å². The second-order valence-corrected chi connectivity index (χ2v) is 6.31. The Balaban J connectivity index is 1.90. The molecule has 0 aromatic carbocycles. The van der Waals surface area contributed by atoms with E-state index in [-0.39, 0.29) is 10.8 Å². The van der Waals surface area contributed by atoms with Gasteiger partial charge in [0.05, 0.1) is 16.3 Å². The number of hydrogen-bond acceptors (Lipinski definition) is 4. The van der Waals surface area contributed by atoms with E-state index in [1.807, 2.05) is 0 Å². The Kier molecular flexibility index (Phi) is 5.18. The molecule has 1 aliphatic rings. The van der Waals surface area contributed by atoms with Crippen molar-refractivity contribution >= 4 is 23.6 Å². The zero-order valence-corrected chi connectivity index (χ0v) is 12.8. The van der Waals surface area contributed by atoms with Crippen LogP contribution in [0.2, 0.25) is 0 Å². The molecule has 1 aliphatic carbocycles. The van der Waals surface area contributed by atoms with Gasteiger partial charge in [-0.15, -0.1) is 0 Å². The summed E-state index contributed by atoms with van der Waals surface area (Å²) >= 11 is 0.958. The molecule has 0 bridgehead atoms. The number of amides is 1. The van der Waals surface area contributed by atoms with Crippen LogP contribution in [0.25, 0.3) is 0 Å². The van der Waals surface area contributed by atoms with Crippen LogP contribution < -0.4 is 5.32 Å². The average Bonchev–Trinajstić information content (AvgIpc) is 2.94. The summed E-state index contributed by atoms with van der Waals surface area (Å²) in [6, 6.07) is 2.08. The van der Waals surface area contributed by atoms with Gasteiger partial charge in [-0.3, -0.25) is 4.79 Å². The number of hydrogen-bond donors (Lipinski definition) is 2. The van der Waals surface area contributed by atoms with E-state index < -0.39 is 29.2 Å². The SMILES string of the molecule is O=C(CSc1ccc(C(F)(F)F)cn1)NC1(C(=O)O)CCCC1. The van der Waals surface area contributed by atoms with Gasteiger partial charge in [0.25, 0.3) is 0 Å². The van der Waals surface area contributed by atoms with Crippen LogP contribution in [-0.4, -0.2) is 33.3 Å². The molecule has 1 amide bonds. The van der Waals surface area contributed by atoms with Gasteiger partial charge in [-0.1, -0.05) is 24.6 Å². The normalized spacial score (nSPS) is 17.0. The predicted octanol–water partition coefficient (Wildman–Crippen LogP) is 2.71. The molecule has 0 aliphatic heterocycles. The third kappa shape index (κ3) is 4.37. The number of carbonyl (C=O) groups excluding carboxylic acids is 1. The lowest BCUT2D eigenvalue weighted by Gasteiger charge is -2.25. The van der Waals surface area contributed by atoms with Crippen molar-refractivity contribution in [2.45, 2.75) is 42.4 Å². The molecule has 1 saturated carbocycles. The molecule has 2 rings (SSSR count). The van der Waals surface area contributed by atoms with Gasteiger partial charge in [0, 0.05) is 6.20 Å². The monoisotopic (exact) mass is 348 g/mol. The van der Waals surface area contributed by atoms with Gasteiger partial charge in [0.1, 0.15) is 5.54 Å². The van der Waals surface area contributed by atoms with E-state index in [1.54, 1.807) is 0 Å². The highest BCUT2D eigenvalue weighted by Gasteiger charge is 2.42. The maximum Gasteiger partial charge on any atom is 0.417 e. The highest BCUT2D eigenvalue weighted by atomic mass is 32.2. The van der Waals surface area contributed by atoms with E-state index in [0.29, 0.717) is 19.0 Å². The minimum Gasteiger partial charge on any atom is -0.480 e. The number of rotatable bonds is 5. The minimum atomic E-state index is -4.45. The summed E-state index contributed by atoms with van der Waals surface area (Å²) in [5, 5.41) is 12.1. The van der Waals surface area contributed by atoms with Gasteiger partial charge in [-0.05, 0) is 25.0 Å². The van der Waals surface area contributed by atoms with Crippen LogP contribution in [0.15, 0.2) is 23.4 Å². The van der Waals surface area contributed by atoms with Crippen molar-refractivity contribution in [1.29, 1.82) is 0 Å². The Morgan fingerprint density at radius 3 is 2.43 bits per heavy atom. The van der Waals surface area contributed by atoms with Crippen LogP contribution in [0.1, 0.15) is 31.2 Å². The quantitative estimate of drug-likeness (QED) is 0.800. The van der Waals surface area contributed by atoms with E-state index >= 15 is 0 Å². The van der Waals surface area contributed by atoms with Crippen molar-refractivity contribution < 1.29 is 27.9 Å². The summed E-state index contributed by atoms with van der Waals surface area (Å²) in [4.78, 5) is 26.9. The van der Waals surface area contributed by atoms with Crippen molar-refractivity contribution in [3.8, 4) is 0 Å². The highest BCUT2D eigenvalue weighted by Crippen LogP contribution is 2.31. The standard InChI is InChI=1S/C14H15F3N2O3S/c15-14(16,17)9-3-4-11(18-7-9)23-8-10(20)19-13(12(21)22)5-1-2-6-13/h3-4,7H,1-2,5-6,8H2,(H,19,20)(H,21,22). The molecule has 5 nitrogen and oxygen atoms in total. The third-order valence-electron chi connectivity index (χ3n) is 3.66. The summed E-state index contributed by atoms with van der Waals surface area (Å²) in [7, 11) is 0. The molecule has 0 saturated heterocycles. The average molecular weight is 348 g/mol. The number of carboxylic acid groups (broad SMARTS) is 1.